The first-order valence-corrected chi connectivity index (χ1v) is 14.9. The SMILES string of the molecule is C=Cc1c(C)c2cc3nc(c(C)c4[nH]c(cc5nc(cc1[nH]2)C(C)=C5CC)c(C)c4C(=O)OC)[C@@H](CCCOC=O)[C@@H]3C. The Balaban J connectivity index is 1.94. The summed E-state index contributed by atoms with van der Waals surface area (Å²) in [5.41, 5.74) is 13.7. The van der Waals surface area contributed by atoms with E-state index in [1.165, 1.54) is 7.11 Å². The molecule has 0 saturated heterocycles. The Morgan fingerprint density at radius 3 is 2.40 bits per heavy atom. The Morgan fingerprint density at radius 1 is 1.00 bits per heavy atom. The number of ether oxygens (including phenoxy) is 2. The highest BCUT2D eigenvalue weighted by atomic mass is 16.5. The van der Waals surface area contributed by atoms with Gasteiger partial charge >= 0.3 is 5.97 Å². The van der Waals surface area contributed by atoms with Gasteiger partial charge in [-0.05, 0) is 93.0 Å². The minimum Gasteiger partial charge on any atom is -0.468 e. The molecule has 8 nitrogen and oxygen atoms in total. The van der Waals surface area contributed by atoms with Crippen molar-refractivity contribution >= 4 is 51.7 Å². The van der Waals surface area contributed by atoms with Crippen LogP contribution < -0.4 is 0 Å². The summed E-state index contributed by atoms with van der Waals surface area (Å²) >= 11 is 0. The molecule has 2 aliphatic heterocycles. The average molecular weight is 581 g/mol. The third kappa shape index (κ3) is 5.19. The van der Waals surface area contributed by atoms with Crippen molar-refractivity contribution < 1.29 is 19.1 Å². The monoisotopic (exact) mass is 580 g/mol. The summed E-state index contributed by atoms with van der Waals surface area (Å²) in [5.74, 6) is -0.246. The Morgan fingerprint density at radius 2 is 1.72 bits per heavy atom. The Hall–Kier alpha value is -4.46. The number of esters is 1. The maximum atomic E-state index is 13.2. The van der Waals surface area contributed by atoms with Gasteiger partial charge in [0.2, 0.25) is 0 Å². The van der Waals surface area contributed by atoms with Gasteiger partial charge in [-0.3, -0.25) is 9.78 Å². The molecule has 0 spiro atoms. The summed E-state index contributed by atoms with van der Waals surface area (Å²) in [7, 11) is 1.41. The van der Waals surface area contributed by atoms with Crippen LogP contribution in [-0.2, 0) is 14.3 Å². The van der Waals surface area contributed by atoms with Crippen molar-refractivity contribution in [2.24, 2.45) is 0 Å². The fraction of sp³-hybridized carbons (Fsp3) is 0.371. The Kier molecular flexibility index (Phi) is 8.40. The van der Waals surface area contributed by atoms with Crippen LogP contribution >= 0.6 is 0 Å². The summed E-state index contributed by atoms with van der Waals surface area (Å²) in [4.78, 5) is 41.4. The third-order valence-corrected chi connectivity index (χ3v) is 9.12. The number of carbonyl (C=O) groups excluding carboxylic acids is 2. The molecule has 0 aromatic carbocycles. The molecular weight excluding hydrogens is 540 g/mol. The first-order chi connectivity index (χ1) is 20.6. The minimum absolute atomic E-state index is 0.0621. The van der Waals surface area contributed by atoms with Crippen molar-refractivity contribution in [1.82, 2.24) is 19.9 Å². The molecule has 0 radical (unpaired) electrons. The fourth-order valence-electron chi connectivity index (χ4n) is 6.57. The number of hydrogen-bond acceptors (Lipinski definition) is 6. The largest absolute Gasteiger partial charge is 0.468 e. The number of aromatic amines is 2. The van der Waals surface area contributed by atoms with E-state index in [4.69, 9.17) is 19.4 Å². The van der Waals surface area contributed by atoms with E-state index in [2.05, 4.69) is 56.4 Å². The predicted octanol–water partition coefficient (Wildman–Crippen LogP) is 7.85. The standard InChI is InChI=1S/C35H40N4O4/c1-9-23-18(3)26-14-28-20(5)25(12-11-13-43-17-40)33(38-28)22(7)34-32(35(41)42-8)21(6)29(39-34)16-31-24(10-2)19(4)27(37-31)15-30(23)36-26/h9,14-17,20,25,36,39H,1,10-13H2,2-8H3/t20-,25-/m0/s1. The lowest BCUT2D eigenvalue weighted by Crippen LogP contribution is -2.07. The van der Waals surface area contributed by atoms with Crippen LogP contribution in [0.2, 0.25) is 0 Å². The van der Waals surface area contributed by atoms with E-state index in [1.54, 1.807) is 0 Å². The van der Waals surface area contributed by atoms with Gasteiger partial charge in [0.25, 0.3) is 6.47 Å². The molecule has 8 bridgehead atoms. The van der Waals surface area contributed by atoms with Crippen molar-refractivity contribution in [2.45, 2.75) is 72.6 Å². The van der Waals surface area contributed by atoms with E-state index in [-0.39, 0.29) is 11.8 Å². The van der Waals surface area contributed by atoms with Crippen LogP contribution in [0.1, 0.15) is 107 Å². The summed E-state index contributed by atoms with van der Waals surface area (Å²) in [6.07, 6.45) is 4.18. The number of H-pyrrole nitrogens is 2. The average Bonchev–Trinajstić information content (AvgIpc) is 3.68. The van der Waals surface area contributed by atoms with Gasteiger partial charge in [-0.15, -0.1) is 0 Å². The molecule has 2 N–H and O–H groups in total. The van der Waals surface area contributed by atoms with Crippen molar-refractivity contribution in [3.8, 4) is 0 Å². The zero-order chi connectivity index (χ0) is 31.0. The van der Waals surface area contributed by atoms with E-state index in [0.29, 0.717) is 30.6 Å². The number of aryl methyl sites for hydroxylation is 3. The number of rotatable bonds is 8. The second-order valence-corrected chi connectivity index (χ2v) is 11.4. The van der Waals surface area contributed by atoms with Crippen molar-refractivity contribution in [2.75, 3.05) is 13.7 Å². The van der Waals surface area contributed by atoms with E-state index in [9.17, 15) is 9.59 Å². The molecule has 0 saturated carbocycles. The van der Waals surface area contributed by atoms with Gasteiger partial charge in [-0.2, -0.15) is 0 Å². The lowest BCUT2D eigenvalue weighted by molar-refractivity contribution is -0.128. The summed E-state index contributed by atoms with van der Waals surface area (Å²) in [6.45, 7) is 17.4. The first kappa shape index (κ1) is 30.0. The van der Waals surface area contributed by atoms with Crippen LogP contribution in [0.3, 0.4) is 0 Å². The van der Waals surface area contributed by atoms with Crippen LogP contribution in [0.25, 0.3) is 39.3 Å². The molecule has 8 heteroatoms. The molecule has 0 fully saturated rings. The second kappa shape index (κ2) is 12.0. The van der Waals surface area contributed by atoms with Crippen LogP contribution in [0.4, 0.5) is 0 Å². The number of aromatic nitrogens is 4. The zero-order valence-electron chi connectivity index (χ0n) is 26.1. The number of methoxy groups -OCH3 is 1. The highest BCUT2D eigenvalue weighted by Crippen LogP contribution is 2.42. The van der Waals surface area contributed by atoms with Crippen LogP contribution in [0, 0.1) is 20.8 Å². The molecule has 3 aromatic rings. The van der Waals surface area contributed by atoms with Gasteiger partial charge < -0.3 is 19.4 Å². The molecular formula is C35H40N4O4. The van der Waals surface area contributed by atoms with Gasteiger partial charge in [0.1, 0.15) is 0 Å². The van der Waals surface area contributed by atoms with Crippen molar-refractivity contribution in [3.05, 3.63) is 75.4 Å². The van der Waals surface area contributed by atoms with Gasteiger partial charge in [0.05, 0.1) is 36.2 Å². The second-order valence-electron chi connectivity index (χ2n) is 11.4. The molecule has 5 rings (SSSR count). The molecule has 0 aliphatic carbocycles. The van der Waals surface area contributed by atoms with E-state index in [0.717, 1.165) is 85.6 Å². The number of nitrogens with one attached hydrogen (secondary N) is 2. The molecule has 224 valence electrons. The lowest BCUT2D eigenvalue weighted by Gasteiger charge is -2.17. The summed E-state index contributed by atoms with van der Waals surface area (Å²) in [5, 5.41) is 0. The van der Waals surface area contributed by atoms with Gasteiger partial charge in [0.15, 0.2) is 0 Å². The topological polar surface area (TPSA) is 110 Å². The summed E-state index contributed by atoms with van der Waals surface area (Å²) < 4.78 is 10.3. The molecule has 2 aliphatic rings. The summed E-state index contributed by atoms with van der Waals surface area (Å²) in [6, 6.07) is 6.25. The van der Waals surface area contributed by atoms with Crippen molar-refractivity contribution in [1.29, 1.82) is 0 Å². The van der Waals surface area contributed by atoms with Crippen LogP contribution in [0.15, 0.2) is 24.8 Å². The molecule has 43 heavy (non-hydrogen) atoms. The van der Waals surface area contributed by atoms with Gasteiger partial charge in [0, 0.05) is 45.3 Å². The maximum absolute atomic E-state index is 13.2. The number of fused-ring (bicyclic) bond motifs is 8. The lowest BCUT2D eigenvalue weighted by atomic mass is 9.86. The van der Waals surface area contributed by atoms with Gasteiger partial charge in [-0.25, -0.2) is 9.78 Å². The maximum Gasteiger partial charge on any atom is 0.340 e. The zero-order valence-corrected chi connectivity index (χ0v) is 26.1. The number of nitrogens with zero attached hydrogens (tertiary/aromatic N) is 2. The van der Waals surface area contributed by atoms with E-state index in [1.807, 2.05) is 26.0 Å². The van der Waals surface area contributed by atoms with Crippen LogP contribution in [0.5, 0.6) is 0 Å². The van der Waals surface area contributed by atoms with Crippen molar-refractivity contribution in [3.63, 3.8) is 0 Å². The minimum atomic E-state index is -0.401. The molecule has 0 unspecified atom stereocenters. The Bertz CT molecular complexity index is 1820. The quantitative estimate of drug-likeness (QED) is 0.159. The number of allylic oxidation sites excluding steroid dienone is 2. The molecule has 5 heterocycles. The highest BCUT2D eigenvalue weighted by molar-refractivity contribution is 6.03. The van der Waals surface area contributed by atoms with Crippen LogP contribution in [-0.4, -0.2) is 46.1 Å². The first-order valence-electron chi connectivity index (χ1n) is 14.9. The molecule has 2 atom stereocenters. The Labute approximate surface area is 252 Å². The van der Waals surface area contributed by atoms with E-state index >= 15 is 0 Å². The molecule has 3 aromatic heterocycles. The molecule has 0 amide bonds. The number of hydrogen-bond donors (Lipinski definition) is 2. The smallest absolute Gasteiger partial charge is 0.340 e. The fourth-order valence-corrected chi connectivity index (χ4v) is 6.57. The van der Waals surface area contributed by atoms with Gasteiger partial charge in [-0.1, -0.05) is 26.5 Å². The predicted molar refractivity (Wildman–Crippen MR) is 172 cm³/mol. The normalized spacial score (nSPS) is 16.3. The third-order valence-electron chi connectivity index (χ3n) is 9.12. The number of carbonyl (C=O) groups is 2. The van der Waals surface area contributed by atoms with E-state index < -0.39 is 5.97 Å². The highest BCUT2D eigenvalue weighted by Gasteiger charge is 2.31.